The lowest BCUT2D eigenvalue weighted by molar-refractivity contribution is -0.159. The molecule has 11 heteroatoms. The summed E-state index contributed by atoms with van der Waals surface area (Å²) >= 11 is 0. The standard InChI is InChI=1S/C33H45N3O8/c1-8-22-15-12-16-24(19-22)27(36(17-18-37)29(40)26(21-38)35-31(42)44-33(5,6)7)28(39)34-25(30(41)43-32(2,3)4)20-23-13-10-9-11-14-23/h8-16,19,25-27,37-38H,1,17-18,20-21H2,2-7H3,(H,34,39)(H,35,42). The SMILES string of the molecule is C=Cc1cccc(C(C(=O)NC(Cc2ccccc2)C(=O)OC(C)(C)C)N(CCO)C(=O)C(CO)NC(=O)OC(C)(C)C)c1. The number of nitrogens with zero attached hydrogens (tertiary/aromatic N) is 1. The number of hydrogen-bond donors (Lipinski definition) is 4. The van der Waals surface area contributed by atoms with E-state index >= 15 is 0 Å². The number of rotatable bonds is 13. The fourth-order valence-electron chi connectivity index (χ4n) is 4.31. The maximum Gasteiger partial charge on any atom is 0.408 e. The van der Waals surface area contributed by atoms with Gasteiger partial charge in [0.05, 0.1) is 13.2 Å². The molecule has 3 unspecified atom stereocenters. The van der Waals surface area contributed by atoms with E-state index in [9.17, 15) is 29.4 Å². The highest BCUT2D eigenvalue weighted by molar-refractivity contribution is 5.94. The van der Waals surface area contributed by atoms with Crippen molar-refractivity contribution in [3.05, 3.63) is 77.9 Å². The summed E-state index contributed by atoms with van der Waals surface area (Å²) in [4.78, 5) is 54.8. The summed E-state index contributed by atoms with van der Waals surface area (Å²) in [6, 6.07) is 11.7. The van der Waals surface area contributed by atoms with Crippen LogP contribution < -0.4 is 10.6 Å². The van der Waals surface area contributed by atoms with Crippen LogP contribution in [-0.2, 0) is 30.3 Å². The number of esters is 1. The lowest BCUT2D eigenvalue weighted by atomic mass is 9.99. The summed E-state index contributed by atoms with van der Waals surface area (Å²) in [5, 5.41) is 25.1. The van der Waals surface area contributed by atoms with E-state index in [1.807, 2.05) is 18.2 Å². The topological polar surface area (TPSA) is 154 Å². The zero-order chi connectivity index (χ0) is 33.1. The lowest BCUT2D eigenvalue weighted by Gasteiger charge is -2.34. The van der Waals surface area contributed by atoms with Gasteiger partial charge in [-0.1, -0.05) is 61.2 Å². The second-order valence-electron chi connectivity index (χ2n) is 12.2. The van der Waals surface area contributed by atoms with Gasteiger partial charge in [0.15, 0.2) is 0 Å². The molecule has 2 rings (SSSR count). The molecule has 0 aromatic heterocycles. The quantitative estimate of drug-likeness (QED) is 0.252. The van der Waals surface area contributed by atoms with Gasteiger partial charge in [-0.2, -0.15) is 0 Å². The summed E-state index contributed by atoms with van der Waals surface area (Å²) in [5.74, 6) is -2.27. The van der Waals surface area contributed by atoms with E-state index in [1.165, 1.54) is 0 Å². The summed E-state index contributed by atoms with van der Waals surface area (Å²) in [7, 11) is 0. The number of nitrogens with one attached hydrogen (secondary N) is 2. The average molecular weight is 612 g/mol. The monoisotopic (exact) mass is 611 g/mol. The molecule has 0 spiro atoms. The molecule has 3 amide bonds. The number of amides is 3. The first-order valence-corrected chi connectivity index (χ1v) is 14.4. The molecule has 0 aliphatic carbocycles. The van der Waals surface area contributed by atoms with Crippen molar-refractivity contribution in [3.8, 4) is 0 Å². The van der Waals surface area contributed by atoms with Crippen molar-refractivity contribution in [1.82, 2.24) is 15.5 Å². The fraction of sp³-hybridized carbons (Fsp3) is 0.455. The lowest BCUT2D eigenvalue weighted by Crippen LogP contribution is -2.56. The Bertz CT molecular complexity index is 1280. The van der Waals surface area contributed by atoms with Crippen molar-refractivity contribution in [2.45, 2.75) is 77.3 Å². The molecule has 0 aliphatic heterocycles. The molecule has 44 heavy (non-hydrogen) atoms. The Morgan fingerprint density at radius 3 is 2.07 bits per heavy atom. The number of aliphatic hydroxyl groups is 2. The van der Waals surface area contributed by atoms with Gasteiger partial charge in [-0.05, 0) is 64.3 Å². The van der Waals surface area contributed by atoms with Crippen molar-refractivity contribution in [2.24, 2.45) is 0 Å². The van der Waals surface area contributed by atoms with E-state index in [2.05, 4.69) is 17.2 Å². The van der Waals surface area contributed by atoms with Crippen molar-refractivity contribution >= 4 is 30.0 Å². The zero-order valence-electron chi connectivity index (χ0n) is 26.3. The van der Waals surface area contributed by atoms with E-state index < -0.39 is 66.4 Å². The molecule has 0 bridgehead atoms. The first kappa shape index (κ1) is 36.0. The van der Waals surface area contributed by atoms with Crippen LogP contribution in [0.4, 0.5) is 4.79 Å². The third-order valence-electron chi connectivity index (χ3n) is 6.11. The molecule has 0 saturated heterocycles. The molecule has 0 fully saturated rings. The van der Waals surface area contributed by atoms with Crippen LogP contribution in [0.15, 0.2) is 61.2 Å². The Labute approximate surface area is 259 Å². The molecule has 0 saturated carbocycles. The minimum atomic E-state index is -1.50. The van der Waals surface area contributed by atoms with Crippen LogP contribution in [0.1, 0.15) is 64.3 Å². The molecule has 0 aliphatic rings. The fourth-order valence-corrected chi connectivity index (χ4v) is 4.31. The van der Waals surface area contributed by atoms with E-state index in [-0.39, 0.29) is 13.0 Å². The minimum Gasteiger partial charge on any atom is -0.458 e. The number of ether oxygens (including phenoxy) is 2. The van der Waals surface area contributed by atoms with Gasteiger partial charge in [-0.15, -0.1) is 0 Å². The highest BCUT2D eigenvalue weighted by Gasteiger charge is 2.38. The summed E-state index contributed by atoms with van der Waals surface area (Å²) in [5.41, 5.74) is 0.0447. The van der Waals surface area contributed by atoms with Crippen molar-refractivity contribution < 1.29 is 38.9 Å². The van der Waals surface area contributed by atoms with Crippen LogP contribution in [0.25, 0.3) is 6.08 Å². The van der Waals surface area contributed by atoms with E-state index in [1.54, 1.807) is 84.0 Å². The Morgan fingerprint density at radius 2 is 1.52 bits per heavy atom. The predicted molar refractivity (Wildman–Crippen MR) is 166 cm³/mol. The minimum absolute atomic E-state index is 0.105. The van der Waals surface area contributed by atoms with Crippen LogP contribution in [0.5, 0.6) is 0 Å². The molecule has 3 atom stereocenters. The van der Waals surface area contributed by atoms with Crippen LogP contribution in [0, 0.1) is 0 Å². The number of aliphatic hydroxyl groups excluding tert-OH is 2. The van der Waals surface area contributed by atoms with Gasteiger partial charge in [0.25, 0.3) is 0 Å². The Kier molecular flexibility index (Phi) is 13.1. The smallest absolute Gasteiger partial charge is 0.408 e. The van der Waals surface area contributed by atoms with Gasteiger partial charge in [-0.25, -0.2) is 9.59 Å². The molecule has 11 nitrogen and oxygen atoms in total. The first-order chi connectivity index (χ1) is 20.6. The highest BCUT2D eigenvalue weighted by Crippen LogP contribution is 2.25. The van der Waals surface area contributed by atoms with Crippen LogP contribution in [-0.4, -0.2) is 82.0 Å². The third-order valence-corrected chi connectivity index (χ3v) is 6.11. The van der Waals surface area contributed by atoms with Gasteiger partial charge in [0.1, 0.15) is 29.3 Å². The molecular formula is C33H45N3O8. The average Bonchev–Trinajstić information content (AvgIpc) is 2.93. The summed E-state index contributed by atoms with van der Waals surface area (Å²) in [6.07, 6.45) is 0.723. The summed E-state index contributed by atoms with van der Waals surface area (Å²) < 4.78 is 10.8. The second kappa shape index (κ2) is 16.0. The van der Waals surface area contributed by atoms with E-state index in [0.29, 0.717) is 11.1 Å². The molecule has 0 radical (unpaired) electrons. The molecule has 2 aromatic rings. The van der Waals surface area contributed by atoms with Crippen LogP contribution >= 0.6 is 0 Å². The van der Waals surface area contributed by atoms with Crippen LogP contribution in [0.3, 0.4) is 0 Å². The van der Waals surface area contributed by atoms with E-state index in [4.69, 9.17) is 9.47 Å². The molecule has 0 heterocycles. The number of hydrogen-bond acceptors (Lipinski definition) is 8. The molecule has 240 valence electrons. The number of carbonyl (C=O) groups is 4. The van der Waals surface area contributed by atoms with Gasteiger partial charge >= 0.3 is 12.1 Å². The van der Waals surface area contributed by atoms with Crippen molar-refractivity contribution in [3.63, 3.8) is 0 Å². The largest absolute Gasteiger partial charge is 0.458 e. The normalized spacial score (nSPS) is 13.5. The Morgan fingerprint density at radius 1 is 0.886 bits per heavy atom. The second-order valence-corrected chi connectivity index (χ2v) is 12.2. The number of carbonyl (C=O) groups excluding carboxylic acids is 4. The Hall–Kier alpha value is -4.22. The van der Waals surface area contributed by atoms with Gasteiger partial charge in [0, 0.05) is 13.0 Å². The van der Waals surface area contributed by atoms with E-state index in [0.717, 1.165) is 10.5 Å². The predicted octanol–water partition coefficient (Wildman–Crippen LogP) is 3.15. The summed E-state index contributed by atoms with van der Waals surface area (Å²) in [6.45, 7) is 12.2. The number of alkyl carbamates (subject to hydrolysis) is 1. The Balaban J connectivity index is 2.56. The van der Waals surface area contributed by atoms with Gasteiger partial charge in [0.2, 0.25) is 11.8 Å². The van der Waals surface area contributed by atoms with Gasteiger partial charge in [-0.3, -0.25) is 9.59 Å². The molecule has 2 aromatic carbocycles. The maximum atomic E-state index is 14.2. The molecule has 4 N–H and O–H groups in total. The van der Waals surface area contributed by atoms with Crippen LogP contribution in [0.2, 0.25) is 0 Å². The highest BCUT2D eigenvalue weighted by atomic mass is 16.6. The molecular weight excluding hydrogens is 566 g/mol. The maximum absolute atomic E-state index is 14.2. The first-order valence-electron chi connectivity index (χ1n) is 14.4. The zero-order valence-corrected chi connectivity index (χ0v) is 26.3. The van der Waals surface area contributed by atoms with Gasteiger partial charge < -0.3 is 35.2 Å². The van der Waals surface area contributed by atoms with Crippen molar-refractivity contribution in [1.29, 1.82) is 0 Å². The third kappa shape index (κ3) is 11.5. The number of benzene rings is 2. The van der Waals surface area contributed by atoms with Crippen molar-refractivity contribution in [2.75, 3.05) is 19.8 Å².